The van der Waals surface area contributed by atoms with E-state index in [1.54, 1.807) is 25.1 Å². The monoisotopic (exact) mass is 262 g/mol. The Balaban J connectivity index is 2.13. The van der Waals surface area contributed by atoms with Gasteiger partial charge in [0.2, 0.25) is 5.91 Å². The zero-order chi connectivity index (χ0) is 14.0. The molecule has 4 N–H and O–H groups in total. The SMILES string of the molecule is CC(C)NC(=O)C(C)Nc1nc2c(N)cccc2o1. The number of hydrogen-bond donors (Lipinski definition) is 3. The molecule has 2 aromatic rings. The van der Waals surface area contributed by atoms with Crippen LogP contribution in [0, 0.1) is 0 Å². The number of hydrogen-bond acceptors (Lipinski definition) is 5. The molecule has 102 valence electrons. The Morgan fingerprint density at radius 2 is 2.11 bits per heavy atom. The minimum Gasteiger partial charge on any atom is -0.423 e. The van der Waals surface area contributed by atoms with Gasteiger partial charge in [0.05, 0.1) is 5.69 Å². The van der Waals surface area contributed by atoms with Gasteiger partial charge in [0, 0.05) is 6.04 Å². The molecule has 6 heteroatoms. The fourth-order valence-electron chi connectivity index (χ4n) is 1.69. The molecule has 1 aromatic carbocycles. The molecule has 19 heavy (non-hydrogen) atoms. The highest BCUT2D eigenvalue weighted by Crippen LogP contribution is 2.23. The summed E-state index contributed by atoms with van der Waals surface area (Å²) in [5, 5.41) is 5.73. The van der Waals surface area contributed by atoms with Gasteiger partial charge in [-0.1, -0.05) is 6.07 Å². The molecule has 1 amide bonds. The molecule has 0 aliphatic heterocycles. The maximum absolute atomic E-state index is 11.8. The van der Waals surface area contributed by atoms with Crippen molar-refractivity contribution in [1.29, 1.82) is 0 Å². The average Bonchev–Trinajstić information content (AvgIpc) is 2.72. The number of aromatic nitrogens is 1. The van der Waals surface area contributed by atoms with Gasteiger partial charge in [0.1, 0.15) is 11.6 Å². The van der Waals surface area contributed by atoms with E-state index in [4.69, 9.17) is 10.2 Å². The Morgan fingerprint density at radius 1 is 1.37 bits per heavy atom. The van der Waals surface area contributed by atoms with Gasteiger partial charge in [-0.2, -0.15) is 4.98 Å². The predicted octanol–water partition coefficient (Wildman–Crippen LogP) is 1.73. The number of fused-ring (bicyclic) bond motifs is 1. The number of para-hydroxylation sites is 1. The second-order valence-corrected chi connectivity index (χ2v) is 4.74. The van der Waals surface area contributed by atoms with Gasteiger partial charge in [0.15, 0.2) is 5.58 Å². The molecule has 6 nitrogen and oxygen atoms in total. The number of amides is 1. The summed E-state index contributed by atoms with van der Waals surface area (Å²) in [6, 6.07) is 5.28. The number of benzene rings is 1. The third-order valence-corrected chi connectivity index (χ3v) is 2.61. The van der Waals surface area contributed by atoms with E-state index >= 15 is 0 Å². The van der Waals surface area contributed by atoms with Crippen LogP contribution in [-0.4, -0.2) is 23.0 Å². The van der Waals surface area contributed by atoms with Crippen molar-refractivity contribution in [3.63, 3.8) is 0 Å². The quantitative estimate of drug-likeness (QED) is 0.730. The third kappa shape index (κ3) is 2.96. The number of carbonyl (C=O) groups excluding carboxylic acids is 1. The van der Waals surface area contributed by atoms with Crippen molar-refractivity contribution in [3.8, 4) is 0 Å². The Kier molecular flexibility index (Phi) is 3.59. The number of nitrogens with two attached hydrogens (primary N) is 1. The van der Waals surface area contributed by atoms with E-state index in [9.17, 15) is 4.79 Å². The van der Waals surface area contributed by atoms with Gasteiger partial charge in [-0.25, -0.2) is 0 Å². The molecule has 0 spiro atoms. The topological polar surface area (TPSA) is 93.2 Å². The van der Waals surface area contributed by atoms with Crippen LogP contribution >= 0.6 is 0 Å². The first-order valence-electron chi connectivity index (χ1n) is 6.19. The lowest BCUT2D eigenvalue weighted by Crippen LogP contribution is -2.41. The molecule has 1 heterocycles. The van der Waals surface area contributed by atoms with E-state index in [0.717, 1.165) is 0 Å². The molecule has 0 radical (unpaired) electrons. The van der Waals surface area contributed by atoms with Gasteiger partial charge in [0.25, 0.3) is 6.01 Å². The highest BCUT2D eigenvalue weighted by atomic mass is 16.4. The smallest absolute Gasteiger partial charge is 0.296 e. The van der Waals surface area contributed by atoms with E-state index in [-0.39, 0.29) is 11.9 Å². The number of rotatable bonds is 4. The Labute approximate surface area is 111 Å². The molecule has 1 aromatic heterocycles. The van der Waals surface area contributed by atoms with Gasteiger partial charge in [-0.05, 0) is 32.9 Å². The normalized spacial score (nSPS) is 12.6. The highest BCUT2D eigenvalue weighted by Gasteiger charge is 2.16. The maximum atomic E-state index is 11.8. The largest absolute Gasteiger partial charge is 0.423 e. The number of carbonyl (C=O) groups is 1. The van der Waals surface area contributed by atoms with Crippen molar-refractivity contribution in [1.82, 2.24) is 10.3 Å². The van der Waals surface area contributed by atoms with Gasteiger partial charge < -0.3 is 20.8 Å². The summed E-state index contributed by atoms with van der Waals surface area (Å²) in [6.07, 6.45) is 0. The molecule has 1 atom stereocenters. The van der Waals surface area contributed by atoms with E-state index in [2.05, 4.69) is 15.6 Å². The lowest BCUT2D eigenvalue weighted by atomic mass is 10.3. The van der Waals surface area contributed by atoms with Crippen molar-refractivity contribution >= 4 is 28.7 Å². The van der Waals surface area contributed by atoms with E-state index < -0.39 is 6.04 Å². The molecule has 0 aliphatic carbocycles. The molecular weight excluding hydrogens is 244 g/mol. The van der Waals surface area contributed by atoms with Crippen LogP contribution < -0.4 is 16.4 Å². The van der Waals surface area contributed by atoms with Gasteiger partial charge in [-0.15, -0.1) is 0 Å². The van der Waals surface area contributed by atoms with Crippen LogP contribution in [0.5, 0.6) is 0 Å². The fraction of sp³-hybridized carbons (Fsp3) is 0.385. The molecule has 1 unspecified atom stereocenters. The first-order valence-corrected chi connectivity index (χ1v) is 6.19. The first-order chi connectivity index (χ1) is 8.97. The molecular formula is C13H18N4O2. The zero-order valence-electron chi connectivity index (χ0n) is 11.2. The highest BCUT2D eigenvalue weighted by molar-refractivity contribution is 5.87. The molecule has 0 saturated heterocycles. The Bertz CT molecular complexity index is 591. The molecule has 0 fully saturated rings. The number of nitrogens with one attached hydrogen (secondary N) is 2. The number of anilines is 2. The van der Waals surface area contributed by atoms with Crippen LogP contribution in [0.3, 0.4) is 0 Å². The Hall–Kier alpha value is -2.24. The minimum absolute atomic E-state index is 0.0935. The van der Waals surface area contributed by atoms with Crippen molar-refractivity contribution in [2.75, 3.05) is 11.1 Å². The van der Waals surface area contributed by atoms with Gasteiger partial charge in [-0.3, -0.25) is 4.79 Å². The molecule has 2 rings (SSSR count). The maximum Gasteiger partial charge on any atom is 0.296 e. The summed E-state index contributed by atoms with van der Waals surface area (Å²) >= 11 is 0. The lowest BCUT2D eigenvalue weighted by Gasteiger charge is -2.14. The average molecular weight is 262 g/mol. The summed E-state index contributed by atoms with van der Waals surface area (Å²) in [7, 11) is 0. The van der Waals surface area contributed by atoms with Crippen molar-refractivity contribution in [2.45, 2.75) is 32.9 Å². The van der Waals surface area contributed by atoms with E-state index in [1.807, 2.05) is 13.8 Å². The number of nitrogen functional groups attached to an aromatic ring is 1. The van der Waals surface area contributed by atoms with Crippen LogP contribution in [-0.2, 0) is 4.79 Å². The van der Waals surface area contributed by atoms with Crippen molar-refractivity contribution < 1.29 is 9.21 Å². The summed E-state index contributed by atoms with van der Waals surface area (Å²) in [5.41, 5.74) is 7.54. The summed E-state index contributed by atoms with van der Waals surface area (Å²) in [4.78, 5) is 16.0. The summed E-state index contributed by atoms with van der Waals surface area (Å²) in [5.74, 6) is -0.106. The predicted molar refractivity (Wildman–Crippen MR) is 74.8 cm³/mol. The number of oxazole rings is 1. The lowest BCUT2D eigenvalue weighted by molar-refractivity contribution is -0.122. The summed E-state index contributed by atoms with van der Waals surface area (Å²) < 4.78 is 5.49. The summed E-state index contributed by atoms with van der Waals surface area (Å²) in [6.45, 7) is 5.56. The van der Waals surface area contributed by atoms with Crippen LogP contribution in [0.1, 0.15) is 20.8 Å². The van der Waals surface area contributed by atoms with Crippen molar-refractivity contribution in [3.05, 3.63) is 18.2 Å². The molecule has 0 saturated carbocycles. The Morgan fingerprint density at radius 3 is 2.74 bits per heavy atom. The van der Waals surface area contributed by atoms with Gasteiger partial charge >= 0.3 is 0 Å². The van der Waals surface area contributed by atoms with Crippen molar-refractivity contribution in [2.24, 2.45) is 0 Å². The standard InChI is InChI=1S/C13H18N4O2/c1-7(2)15-12(18)8(3)16-13-17-11-9(14)5-4-6-10(11)19-13/h4-8H,14H2,1-3H3,(H,15,18)(H,16,17). The van der Waals surface area contributed by atoms with Crippen LogP contribution in [0.4, 0.5) is 11.7 Å². The van der Waals surface area contributed by atoms with E-state index in [1.165, 1.54) is 0 Å². The van der Waals surface area contributed by atoms with Crippen LogP contribution in [0.25, 0.3) is 11.1 Å². The number of nitrogens with zero attached hydrogens (tertiary/aromatic N) is 1. The third-order valence-electron chi connectivity index (χ3n) is 2.61. The zero-order valence-corrected chi connectivity index (χ0v) is 11.2. The van der Waals surface area contributed by atoms with E-state index in [0.29, 0.717) is 22.8 Å². The second kappa shape index (κ2) is 5.17. The first kappa shape index (κ1) is 13.2. The fourth-order valence-corrected chi connectivity index (χ4v) is 1.69. The minimum atomic E-state index is -0.434. The molecule has 0 bridgehead atoms. The second-order valence-electron chi connectivity index (χ2n) is 4.74. The van der Waals surface area contributed by atoms with Crippen LogP contribution in [0.2, 0.25) is 0 Å². The molecule has 0 aliphatic rings. The van der Waals surface area contributed by atoms with Crippen LogP contribution in [0.15, 0.2) is 22.6 Å².